The molecule has 2 bridgehead atoms. The van der Waals surface area contributed by atoms with Crippen LogP contribution in [0.3, 0.4) is 0 Å². The second-order valence-corrected chi connectivity index (χ2v) is 16.2. The van der Waals surface area contributed by atoms with Crippen molar-refractivity contribution in [2.75, 3.05) is 6.61 Å². The van der Waals surface area contributed by atoms with Gasteiger partial charge in [0.15, 0.2) is 8.32 Å². The minimum Gasteiger partial charge on any atom is -0.413 e. The zero-order chi connectivity index (χ0) is 19.0. The second kappa shape index (κ2) is 5.67. The van der Waals surface area contributed by atoms with Crippen LogP contribution in [-0.2, 0) is 4.43 Å². The van der Waals surface area contributed by atoms with Gasteiger partial charge in [0, 0.05) is 11.3 Å². The molecule has 0 aliphatic heterocycles. The lowest BCUT2D eigenvalue weighted by Crippen LogP contribution is -2.60. The molecule has 2 saturated carbocycles. The van der Waals surface area contributed by atoms with E-state index in [2.05, 4.69) is 60.7 Å². The Hall–Kier alpha value is -0.163. The van der Waals surface area contributed by atoms with Crippen molar-refractivity contribution in [2.45, 2.75) is 84.7 Å². The lowest BCUT2D eigenvalue weighted by molar-refractivity contribution is -0.148. The molecule has 25 heavy (non-hydrogen) atoms. The summed E-state index contributed by atoms with van der Waals surface area (Å²) >= 11 is 0. The molecule has 0 saturated heterocycles. The van der Waals surface area contributed by atoms with E-state index in [1.807, 2.05) is 0 Å². The van der Waals surface area contributed by atoms with Gasteiger partial charge in [-0.25, -0.2) is 0 Å². The van der Waals surface area contributed by atoms with Crippen molar-refractivity contribution in [3.8, 4) is 0 Å². The first kappa shape index (κ1) is 19.6. The Labute approximate surface area is 155 Å². The Kier molecular flexibility index (Phi) is 4.44. The maximum Gasteiger partial charge on any atom is 0.192 e. The van der Waals surface area contributed by atoms with E-state index in [-0.39, 0.29) is 16.4 Å². The van der Waals surface area contributed by atoms with E-state index in [9.17, 15) is 10.2 Å². The summed E-state index contributed by atoms with van der Waals surface area (Å²) in [7, 11) is -1.83. The summed E-state index contributed by atoms with van der Waals surface area (Å²) in [6.45, 7) is 18.8. The molecule has 0 aromatic heterocycles. The molecule has 0 radical (unpaired) electrons. The molecule has 3 nitrogen and oxygen atoms in total. The normalized spacial score (nSPS) is 43.1. The molecule has 6 atom stereocenters. The topological polar surface area (TPSA) is 49.7 Å². The van der Waals surface area contributed by atoms with Crippen LogP contribution in [0.5, 0.6) is 0 Å². The van der Waals surface area contributed by atoms with Gasteiger partial charge in [0.1, 0.15) is 0 Å². The van der Waals surface area contributed by atoms with Gasteiger partial charge in [-0.05, 0) is 53.8 Å². The van der Waals surface area contributed by atoms with Crippen molar-refractivity contribution in [2.24, 2.45) is 28.6 Å². The molecule has 0 amide bonds. The fourth-order valence-corrected chi connectivity index (χ4v) is 6.47. The molecule has 0 unspecified atom stereocenters. The second-order valence-electron chi connectivity index (χ2n) is 11.4. The van der Waals surface area contributed by atoms with E-state index in [1.54, 1.807) is 0 Å². The van der Waals surface area contributed by atoms with E-state index >= 15 is 0 Å². The average molecular weight is 367 g/mol. The monoisotopic (exact) mass is 366 g/mol. The van der Waals surface area contributed by atoms with Crippen LogP contribution in [0.2, 0.25) is 18.1 Å². The Morgan fingerprint density at radius 3 is 2.32 bits per heavy atom. The van der Waals surface area contributed by atoms with Crippen LogP contribution in [0.1, 0.15) is 54.4 Å². The van der Waals surface area contributed by atoms with Gasteiger partial charge in [-0.1, -0.05) is 47.6 Å². The SMILES string of the molecule is CC1(C)C[C@H]2[C@H]3C(CO[Si](C)(C)C(C)(C)C)=C[C@](C)([C@@H](O)[C@H]3O)[C@H]2C1. The molecular formula is C21H38O3Si. The van der Waals surface area contributed by atoms with Crippen molar-refractivity contribution >= 4 is 8.32 Å². The number of hydrogen-bond donors (Lipinski definition) is 2. The van der Waals surface area contributed by atoms with Gasteiger partial charge in [0.05, 0.1) is 18.8 Å². The van der Waals surface area contributed by atoms with Gasteiger partial charge in [-0.15, -0.1) is 0 Å². The maximum absolute atomic E-state index is 10.9. The van der Waals surface area contributed by atoms with Gasteiger partial charge >= 0.3 is 0 Å². The summed E-state index contributed by atoms with van der Waals surface area (Å²) in [4.78, 5) is 0. The molecule has 0 spiro atoms. The molecule has 0 aromatic rings. The highest BCUT2D eigenvalue weighted by Crippen LogP contribution is 2.64. The van der Waals surface area contributed by atoms with Crippen LogP contribution in [0.25, 0.3) is 0 Å². The highest BCUT2D eigenvalue weighted by atomic mass is 28.4. The minimum absolute atomic E-state index is 0.0633. The first-order valence-corrected chi connectivity index (χ1v) is 12.8. The van der Waals surface area contributed by atoms with Crippen LogP contribution >= 0.6 is 0 Å². The van der Waals surface area contributed by atoms with Gasteiger partial charge in [-0.2, -0.15) is 0 Å². The molecule has 2 fully saturated rings. The maximum atomic E-state index is 10.9. The van der Waals surface area contributed by atoms with Crippen molar-refractivity contribution in [3.63, 3.8) is 0 Å². The fraction of sp³-hybridized carbons (Fsp3) is 0.905. The van der Waals surface area contributed by atoms with Gasteiger partial charge < -0.3 is 14.6 Å². The Bertz CT molecular complexity index is 574. The Morgan fingerprint density at radius 2 is 1.76 bits per heavy atom. The molecule has 2 N–H and O–H groups in total. The van der Waals surface area contributed by atoms with E-state index < -0.39 is 20.5 Å². The number of hydrogen-bond acceptors (Lipinski definition) is 3. The van der Waals surface area contributed by atoms with E-state index in [0.717, 1.165) is 12.8 Å². The molecule has 4 rings (SSSR count). The number of aliphatic hydroxyl groups excluding tert-OH is 2. The van der Waals surface area contributed by atoms with Gasteiger partial charge in [0.25, 0.3) is 0 Å². The third-order valence-corrected chi connectivity index (χ3v) is 12.5. The molecule has 0 heterocycles. The van der Waals surface area contributed by atoms with Gasteiger partial charge in [0.2, 0.25) is 0 Å². The summed E-state index contributed by atoms with van der Waals surface area (Å²) in [5.41, 5.74) is 1.21. The predicted molar refractivity (Wildman–Crippen MR) is 105 cm³/mol. The lowest BCUT2D eigenvalue weighted by atomic mass is 9.51. The highest BCUT2D eigenvalue weighted by molar-refractivity contribution is 6.74. The third kappa shape index (κ3) is 2.97. The van der Waals surface area contributed by atoms with Crippen molar-refractivity contribution < 1.29 is 14.6 Å². The number of fused-ring (bicyclic) bond motifs is 1. The largest absolute Gasteiger partial charge is 0.413 e. The van der Waals surface area contributed by atoms with Gasteiger partial charge in [-0.3, -0.25) is 0 Å². The van der Waals surface area contributed by atoms with Crippen LogP contribution < -0.4 is 0 Å². The Balaban J connectivity index is 1.89. The molecule has 4 aliphatic rings. The number of aliphatic hydroxyl groups is 2. The summed E-state index contributed by atoms with van der Waals surface area (Å²) in [5, 5.41) is 21.8. The highest BCUT2D eigenvalue weighted by Gasteiger charge is 2.63. The Morgan fingerprint density at radius 1 is 1.16 bits per heavy atom. The zero-order valence-corrected chi connectivity index (χ0v) is 18.4. The van der Waals surface area contributed by atoms with Crippen molar-refractivity contribution in [1.82, 2.24) is 0 Å². The predicted octanol–water partition coefficient (Wildman–Crippen LogP) is 4.36. The first-order valence-electron chi connectivity index (χ1n) is 9.91. The molecule has 0 aromatic carbocycles. The van der Waals surface area contributed by atoms with Crippen LogP contribution in [-0.4, -0.2) is 37.3 Å². The average Bonchev–Trinajstić information content (AvgIpc) is 2.78. The molecular weight excluding hydrogens is 328 g/mol. The standard InChI is InChI=1S/C21H38O3Si/c1-19(2,3)25(7,8)24-12-13-9-21(6)15-11-20(4,5)10-14(15)16(13)17(22)18(21)23/h9,14-18,22-23H,10-12H2,1-8H3/t14-,15+,16-,17+,18+,21+/m1/s1. The van der Waals surface area contributed by atoms with Crippen LogP contribution in [0.4, 0.5) is 0 Å². The van der Waals surface area contributed by atoms with E-state index in [0.29, 0.717) is 23.9 Å². The summed E-state index contributed by atoms with van der Waals surface area (Å²) in [5.74, 6) is 1.01. The third-order valence-electron chi connectivity index (χ3n) is 8.00. The smallest absolute Gasteiger partial charge is 0.192 e. The fourth-order valence-electron chi connectivity index (χ4n) is 5.51. The van der Waals surface area contributed by atoms with Crippen molar-refractivity contribution in [1.29, 1.82) is 0 Å². The summed E-state index contributed by atoms with van der Waals surface area (Å²) in [6, 6.07) is 0. The quantitative estimate of drug-likeness (QED) is 0.576. The van der Waals surface area contributed by atoms with Crippen LogP contribution in [0, 0.1) is 28.6 Å². The van der Waals surface area contributed by atoms with E-state index in [1.165, 1.54) is 5.57 Å². The summed E-state index contributed by atoms with van der Waals surface area (Å²) in [6.07, 6.45) is 3.26. The molecule has 4 heteroatoms. The lowest BCUT2D eigenvalue weighted by Gasteiger charge is -2.57. The first-order chi connectivity index (χ1) is 11.2. The van der Waals surface area contributed by atoms with Crippen LogP contribution in [0.15, 0.2) is 11.6 Å². The molecule has 4 aliphatic carbocycles. The minimum atomic E-state index is -1.83. The number of rotatable bonds is 3. The summed E-state index contributed by atoms with van der Waals surface area (Å²) < 4.78 is 6.49. The molecule has 144 valence electrons. The van der Waals surface area contributed by atoms with Crippen molar-refractivity contribution in [3.05, 3.63) is 11.6 Å². The zero-order valence-electron chi connectivity index (χ0n) is 17.4. The van der Waals surface area contributed by atoms with E-state index in [4.69, 9.17) is 4.43 Å².